The van der Waals surface area contributed by atoms with Crippen molar-refractivity contribution in [2.45, 2.75) is 6.61 Å². The third-order valence-electron chi connectivity index (χ3n) is 3.19. The van der Waals surface area contributed by atoms with Crippen molar-refractivity contribution in [3.05, 3.63) is 71.9 Å². The fourth-order valence-corrected chi connectivity index (χ4v) is 2.14. The Balaban J connectivity index is 1.90. The van der Waals surface area contributed by atoms with Gasteiger partial charge in [0.2, 0.25) is 0 Å². The molecular formula is C17H13NO3. The molecule has 104 valence electrons. The molecule has 0 atom stereocenters. The van der Waals surface area contributed by atoms with E-state index in [2.05, 4.69) is 4.98 Å². The maximum Gasteiger partial charge on any atom is 0.336 e. The largest absolute Gasteiger partial charge is 0.489 e. The molecule has 0 saturated carbocycles. The maximum atomic E-state index is 11.2. The highest BCUT2D eigenvalue weighted by atomic mass is 16.5. The molecule has 0 fully saturated rings. The standard InChI is InChI=1S/C17H13NO3/c19-17(20)14-8-9-18-16-7-6-13(10-15(14)16)21-11-12-4-2-1-3-5-12/h1-10H,11H2,(H,19,20). The minimum Gasteiger partial charge on any atom is -0.489 e. The van der Waals surface area contributed by atoms with E-state index in [-0.39, 0.29) is 5.56 Å². The van der Waals surface area contributed by atoms with Gasteiger partial charge in [0.15, 0.2) is 0 Å². The first-order valence-electron chi connectivity index (χ1n) is 6.53. The summed E-state index contributed by atoms with van der Waals surface area (Å²) < 4.78 is 5.71. The lowest BCUT2D eigenvalue weighted by atomic mass is 10.1. The number of carbonyl (C=O) groups is 1. The molecule has 0 radical (unpaired) electrons. The van der Waals surface area contributed by atoms with E-state index in [1.807, 2.05) is 30.3 Å². The van der Waals surface area contributed by atoms with Gasteiger partial charge in [0.25, 0.3) is 0 Å². The van der Waals surface area contributed by atoms with Crippen molar-refractivity contribution in [2.24, 2.45) is 0 Å². The number of aromatic carboxylic acids is 1. The van der Waals surface area contributed by atoms with Crippen LogP contribution in [0.5, 0.6) is 5.75 Å². The number of fused-ring (bicyclic) bond motifs is 1. The van der Waals surface area contributed by atoms with E-state index in [0.29, 0.717) is 23.3 Å². The van der Waals surface area contributed by atoms with Gasteiger partial charge in [-0.2, -0.15) is 0 Å². The number of hydrogen-bond donors (Lipinski definition) is 1. The van der Waals surface area contributed by atoms with Crippen LogP contribution in [0.3, 0.4) is 0 Å². The normalized spacial score (nSPS) is 10.5. The Morgan fingerprint density at radius 3 is 2.67 bits per heavy atom. The molecule has 3 rings (SSSR count). The topological polar surface area (TPSA) is 59.4 Å². The fourth-order valence-electron chi connectivity index (χ4n) is 2.14. The number of benzene rings is 2. The monoisotopic (exact) mass is 279 g/mol. The van der Waals surface area contributed by atoms with Gasteiger partial charge in [0.05, 0.1) is 11.1 Å². The van der Waals surface area contributed by atoms with Crippen molar-refractivity contribution in [2.75, 3.05) is 0 Å². The summed E-state index contributed by atoms with van der Waals surface area (Å²) in [6.07, 6.45) is 1.50. The highest BCUT2D eigenvalue weighted by Gasteiger charge is 2.09. The molecule has 4 nitrogen and oxygen atoms in total. The van der Waals surface area contributed by atoms with Crippen LogP contribution in [-0.2, 0) is 6.61 Å². The fraction of sp³-hybridized carbons (Fsp3) is 0.0588. The maximum absolute atomic E-state index is 11.2. The van der Waals surface area contributed by atoms with Crippen LogP contribution in [0.2, 0.25) is 0 Å². The third-order valence-corrected chi connectivity index (χ3v) is 3.19. The lowest BCUT2D eigenvalue weighted by Gasteiger charge is -2.08. The van der Waals surface area contributed by atoms with Crippen LogP contribution in [0, 0.1) is 0 Å². The summed E-state index contributed by atoms with van der Waals surface area (Å²) in [6.45, 7) is 0.439. The van der Waals surface area contributed by atoms with Crippen molar-refractivity contribution in [1.29, 1.82) is 0 Å². The lowest BCUT2D eigenvalue weighted by molar-refractivity contribution is 0.0699. The van der Waals surface area contributed by atoms with E-state index in [1.165, 1.54) is 12.3 Å². The van der Waals surface area contributed by atoms with Crippen molar-refractivity contribution in [1.82, 2.24) is 4.98 Å². The Hall–Kier alpha value is -2.88. The number of carboxylic acid groups (broad SMARTS) is 1. The Bertz CT molecular complexity index is 784. The summed E-state index contributed by atoms with van der Waals surface area (Å²) in [4.78, 5) is 15.4. The van der Waals surface area contributed by atoms with E-state index in [0.717, 1.165) is 5.56 Å². The van der Waals surface area contributed by atoms with Crippen molar-refractivity contribution in [3.63, 3.8) is 0 Å². The minimum absolute atomic E-state index is 0.227. The first-order valence-corrected chi connectivity index (χ1v) is 6.53. The molecule has 0 unspecified atom stereocenters. The zero-order valence-electron chi connectivity index (χ0n) is 11.2. The van der Waals surface area contributed by atoms with Crippen LogP contribution in [0.25, 0.3) is 10.9 Å². The van der Waals surface area contributed by atoms with E-state index in [1.54, 1.807) is 18.2 Å². The summed E-state index contributed by atoms with van der Waals surface area (Å²) >= 11 is 0. The summed E-state index contributed by atoms with van der Waals surface area (Å²) in [5, 5.41) is 9.79. The van der Waals surface area contributed by atoms with Crippen LogP contribution in [-0.4, -0.2) is 16.1 Å². The average molecular weight is 279 g/mol. The zero-order valence-corrected chi connectivity index (χ0v) is 11.2. The first kappa shape index (κ1) is 13.1. The number of pyridine rings is 1. The number of nitrogens with zero attached hydrogens (tertiary/aromatic N) is 1. The number of carboxylic acids is 1. The van der Waals surface area contributed by atoms with Crippen LogP contribution >= 0.6 is 0 Å². The summed E-state index contributed by atoms with van der Waals surface area (Å²) in [7, 11) is 0. The van der Waals surface area contributed by atoms with Crippen LogP contribution in [0.4, 0.5) is 0 Å². The Labute approximate surface area is 121 Å². The molecule has 4 heteroatoms. The highest BCUT2D eigenvalue weighted by Crippen LogP contribution is 2.23. The van der Waals surface area contributed by atoms with Crippen LogP contribution < -0.4 is 4.74 Å². The molecule has 0 bridgehead atoms. The van der Waals surface area contributed by atoms with Gasteiger partial charge >= 0.3 is 5.97 Å². The van der Waals surface area contributed by atoms with E-state index >= 15 is 0 Å². The Morgan fingerprint density at radius 2 is 1.90 bits per heavy atom. The van der Waals surface area contributed by atoms with E-state index in [4.69, 9.17) is 4.74 Å². The second-order valence-corrected chi connectivity index (χ2v) is 4.62. The lowest BCUT2D eigenvalue weighted by Crippen LogP contribution is -1.99. The highest BCUT2D eigenvalue weighted by molar-refractivity contribution is 6.02. The number of aromatic nitrogens is 1. The first-order chi connectivity index (χ1) is 10.2. The third kappa shape index (κ3) is 2.84. The minimum atomic E-state index is -0.970. The summed E-state index contributed by atoms with van der Waals surface area (Å²) in [6, 6.07) is 16.6. The smallest absolute Gasteiger partial charge is 0.336 e. The van der Waals surface area contributed by atoms with Crippen molar-refractivity contribution >= 4 is 16.9 Å². The number of ether oxygens (including phenoxy) is 1. The van der Waals surface area contributed by atoms with Gasteiger partial charge in [-0.3, -0.25) is 4.98 Å². The predicted molar refractivity (Wildman–Crippen MR) is 79.5 cm³/mol. The average Bonchev–Trinajstić information content (AvgIpc) is 2.53. The Morgan fingerprint density at radius 1 is 1.10 bits per heavy atom. The molecule has 0 aliphatic carbocycles. The zero-order chi connectivity index (χ0) is 14.7. The molecule has 0 spiro atoms. The van der Waals surface area contributed by atoms with Crippen molar-refractivity contribution in [3.8, 4) is 5.75 Å². The van der Waals surface area contributed by atoms with E-state index < -0.39 is 5.97 Å². The van der Waals surface area contributed by atoms with Gasteiger partial charge in [-0.15, -0.1) is 0 Å². The second kappa shape index (κ2) is 5.63. The molecule has 0 aliphatic rings. The van der Waals surface area contributed by atoms with Gasteiger partial charge < -0.3 is 9.84 Å². The predicted octanol–water partition coefficient (Wildman–Crippen LogP) is 3.51. The molecular weight excluding hydrogens is 266 g/mol. The van der Waals surface area contributed by atoms with Crippen molar-refractivity contribution < 1.29 is 14.6 Å². The molecule has 3 aromatic rings. The van der Waals surface area contributed by atoms with E-state index in [9.17, 15) is 9.90 Å². The molecule has 0 aliphatic heterocycles. The summed E-state index contributed by atoms with van der Waals surface area (Å²) in [5.74, 6) is -0.343. The molecule has 1 heterocycles. The van der Waals surface area contributed by atoms with Crippen LogP contribution in [0.15, 0.2) is 60.8 Å². The van der Waals surface area contributed by atoms with Gasteiger partial charge in [-0.25, -0.2) is 4.79 Å². The number of hydrogen-bond acceptors (Lipinski definition) is 3. The van der Waals surface area contributed by atoms with Gasteiger partial charge in [-0.1, -0.05) is 30.3 Å². The molecule has 0 amide bonds. The van der Waals surface area contributed by atoms with Gasteiger partial charge in [0.1, 0.15) is 12.4 Å². The summed E-state index contributed by atoms with van der Waals surface area (Å²) in [5.41, 5.74) is 1.93. The molecule has 0 saturated heterocycles. The molecule has 1 aromatic heterocycles. The molecule has 1 N–H and O–H groups in total. The van der Waals surface area contributed by atoms with Gasteiger partial charge in [0, 0.05) is 11.6 Å². The quantitative estimate of drug-likeness (QED) is 0.794. The number of rotatable bonds is 4. The molecule has 2 aromatic carbocycles. The van der Waals surface area contributed by atoms with Crippen LogP contribution in [0.1, 0.15) is 15.9 Å². The second-order valence-electron chi connectivity index (χ2n) is 4.62. The molecule has 21 heavy (non-hydrogen) atoms. The van der Waals surface area contributed by atoms with Gasteiger partial charge in [-0.05, 0) is 29.8 Å². The Kier molecular flexibility index (Phi) is 3.51. The SMILES string of the molecule is O=C(O)c1ccnc2ccc(OCc3ccccc3)cc12.